The van der Waals surface area contributed by atoms with Crippen LogP contribution in [0.15, 0.2) is 25.3 Å². The van der Waals surface area contributed by atoms with E-state index in [1.54, 1.807) is 17.1 Å². The first-order chi connectivity index (χ1) is 7.56. The van der Waals surface area contributed by atoms with E-state index < -0.39 is 6.04 Å². The van der Waals surface area contributed by atoms with E-state index in [9.17, 15) is 9.59 Å². The molecule has 1 unspecified atom stereocenters. The van der Waals surface area contributed by atoms with Gasteiger partial charge in [-0.1, -0.05) is 12.2 Å². The molecule has 0 saturated carbocycles. The number of hydrogen-bond acceptors (Lipinski definition) is 3. The highest BCUT2D eigenvalue weighted by Crippen LogP contribution is 1.99. The minimum atomic E-state index is -0.597. The largest absolute Gasteiger partial charge is 0.344 e. The summed E-state index contributed by atoms with van der Waals surface area (Å²) in [6.07, 6.45) is 3.26. The molecule has 5 heteroatoms. The fraction of sp³-hybridized carbons (Fsp3) is 0.455. The van der Waals surface area contributed by atoms with E-state index in [0.29, 0.717) is 13.1 Å². The molecule has 0 saturated heterocycles. The lowest BCUT2D eigenvalue weighted by Crippen LogP contribution is -2.49. The molecule has 0 fully saturated rings. The Morgan fingerprint density at radius 3 is 2.19 bits per heavy atom. The molecule has 0 aromatic heterocycles. The van der Waals surface area contributed by atoms with Crippen LogP contribution in [0.2, 0.25) is 0 Å². The summed E-state index contributed by atoms with van der Waals surface area (Å²) in [6.45, 7) is 9.37. The second kappa shape index (κ2) is 7.98. The zero-order chi connectivity index (χ0) is 12.6. The normalized spacial score (nSPS) is 11.4. The maximum Gasteiger partial charge on any atom is 0.246 e. The van der Waals surface area contributed by atoms with Crippen molar-refractivity contribution >= 4 is 24.4 Å². The second-order valence-corrected chi connectivity index (χ2v) is 3.62. The maximum atomic E-state index is 12.0. The maximum absolute atomic E-state index is 12.0. The molecule has 2 amide bonds. The zero-order valence-corrected chi connectivity index (χ0v) is 10.4. The summed E-state index contributed by atoms with van der Waals surface area (Å²) in [5, 5.41) is 2.55. The van der Waals surface area contributed by atoms with Gasteiger partial charge in [-0.3, -0.25) is 9.59 Å². The number of amides is 2. The molecule has 0 rings (SSSR count). The van der Waals surface area contributed by atoms with Gasteiger partial charge in [0.05, 0.1) is 0 Å². The third kappa shape index (κ3) is 5.02. The van der Waals surface area contributed by atoms with Crippen LogP contribution in [0.5, 0.6) is 0 Å². The first kappa shape index (κ1) is 14.8. The van der Waals surface area contributed by atoms with Gasteiger partial charge in [-0.25, -0.2) is 0 Å². The Bertz CT molecular complexity index is 269. The van der Waals surface area contributed by atoms with Gasteiger partial charge in [0, 0.05) is 25.8 Å². The summed E-state index contributed by atoms with van der Waals surface area (Å²) in [7, 11) is 0. The average Bonchev–Trinajstić information content (AvgIpc) is 2.24. The highest BCUT2D eigenvalue weighted by molar-refractivity contribution is 7.80. The van der Waals surface area contributed by atoms with Crippen molar-refractivity contribution in [2.75, 3.05) is 18.8 Å². The van der Waals surface area contributed by atoms with Gasteiger partial charge in [0.25, 0.3) is 0 Å². The van der Waals surface area contributed by atoms with Crippen molar-refractivity contribution in [3.05, 3.63) is 25.3 Å². The number of carbonyl (C=O) groups is 2. The van der Waals surface area contributed by atoms with Gasteiger partial charge < -0.3 is 10.2 Å². The second-order valence-electron chi connectivity index (χ2n) is 3.26. The SMILES string of the molecule is C=CCN(CC=C)C(=O)C(CS)NC(C)=O. The number of nitrogens with zero attached hydrogens (tertiary/aromatic N) is 1. The molecule has 1 atom stereocenters. The molecule has 90 valence electrons. The minimum Gasteiger partial charge on any atom is -0.344 e. The molecule has 0 aliphatic carbocycles. The number of nitrogens with one attached hydrogen (secondary N) is 1. The van der Waals surface area contributed by atoms with Crippen molar-refractivity contribution in [1.29, 1.82) is 0 Å². The molecule has 0 aromatic carbocycles. The smallest absolute Gasteiger partial charge is 0.246 e. The lowest BCUT2D eigenvalue weighted by molar-refractivity contribution is -0.134. The summed E-state index contributed by atoms with van der Waals surface area (Å²) in [4.78, 5) is 24.4. The molecule has 0 bridgehead atoms. The Morgan fingerprint density at radius 2 is 1.88 bits per heavy atom. The Kier molecular flexibility index (Phi) is 7.37. The van der Waals surface area contributed by atoms with Crippen LogP contribution in [0, 0.1) is 0 Å². The fourth-order valence-corrected chi connectivity index (χ4v) is 1.46. The van der Waals surface area contributed by atoms with Crippen molar-refractivity contribution in [3.63, 3.8) is 0 Å². The number of rotatable bonds is 7. The van der Waals surface area contributed by atoms with E-state index in [0.717, 1.165) is 0 Å². The molecule has 1 N–H and O–H groups in total. The van der Waals surface area contributed by atoms with Crippen molar-refractivity contribution in [2.24, 2.45) is 0 Å². The first-order valence-corrected chi connectivity index (χ1v) is 5.58. The van der Waals surface area contributed by atoms with Gasteiger partial charge in [0.2, 0.25) is 11.8 Å². The van der Waals surface area contributed by atoms with Crippen LogP contribution in [-0.2, 0) is 9.59 Å². The van der Waals surface area contributed by atoms with Gasteiger partial charge in [0.1, 0.15) is 6.04 Å². The van der Waals surface area contributed by atoms with Gasteiger partial charge in [-0.15, -0.1) is 13.2 Å². The van der Waals surface area contributed by atoms with Crippen LogP contribution in [-0.4, -0.2) is 41.6 Å². The summed E-state index contributed by atoms with van der Waals surface area (Å²) in [5.41, 5.74) is 0. The van der Waals surface area contributed by atoms with Gasteiger partial charge in [-0.05, 0) is 0 Å². The number of carbonyl (C=O) groups excluding carboxylic acids is 2. The molecular weight excluding hydrogens is 224 g/mol. The van der Waals surface area contributed by atoms with E-state index in [1.165, 1.54) is 6.92 Å². The summed E-state index contributed by atoms with van der Waals surface area (Å²) in [6, 6.07) is -0.597. The topological polar surface area (TPSA) is 49.4 Å². The van der Waals surface area contributed by atoms with Gasteiger partial charge >= 0.3 is 0 Å². The molecule has 0 heterocycles. The van der Waals surface area contributed by atoms with Crippen LogP contribution in [0.4, 0.5) is 0 Å². The van der Waals surface area contributed by atoms with Crippen LogP contribution >= 0.6 is 12.6 Å². The third-order valence-electron chi connectivity index (χ3n) is 1.87. The van der Waals surface area contributed by atoms with E-state index in [-0.39, 0.29) is 17.6 Å². The van der Waals surface area contributed by atoms with E-state index in [2.05, 4.69) is 31.1 Å². The predicted molar refractivity (Wildman–Crippen MR) is 68.4 cm³/mol. The lowest BCUT2D eigenvalue weighted by Gasteiger charge is -2.24. The van der Waals surface area contributed by atoms with Crippen LogP contribution < -0.4 is 5.32 Å². The van der Waals surface area contributed by atoms with Crippen LogP contribution in [0.25, 0.3) is 0 Å². The van der Waals surface area contributed by atoms with E-state index in [4.69, 9.17) is 0 Å². The van der Waals surface area contributed by atoms with Crippen molar-refractivity contribution in [3.8, 4) is 0 Å². The number of hydrogen-bond donors (Lipinski definition) is 2. The highest BCUT2D eigenvalue weighted by atomic mass is 32.1. The van der Waals surface area contributed by atoms with E-state index in [1.807, 2.05) is 0 Å². The molecule has 0 aliphatic heterocycles. The van der Waals surface area contributed by atoms with Crippen molar-refractivity contribution < 1.29 is 9.59 Å². The molecule has 0 aromatic rings. The Labute approximate surface area is 102 Å². The molecule has 0 radical (unpaired) electrons. The van der Waals surface area contributed by atoms with Gasteiger partial charge in [0.15, 0.2) is 0 Å². The predicted octanol–water partition coefficient (Wildman–Crippen LogP) is 0.621. The third-order valence-corrected chi connectivity index (χ3v) is 2.23. The van der Waals surface area contributed by atoms with Crippen molar-refractivity contribution in [2.45, 2.75) is 13.0 Å². The fourth-order valence-electron chi connectivity index (χ4n) is 1.22. The molecule has 4 nitrogen and oxygen atoms in total. The molecule has 16 heavy (non-hydrogen) atoms. The molecule has 0 spiro atoms. The first-order valence-electron chi connectivity index (χ1n) is 4.95. The Morgan fingerprint density at radius 1 is 1.38 bits per heavy atom. The molecule has 0 aliphatic rings. The van der Waals surface area contributed by atoms with E-state index >= 15 is 0 Å². The Balaban J connectivity index is 4.58. The van der Waals surface area contributed by atoms with Crippen molar-refractivity contribution in [1.82, 2.24) is 10.2 Å². The highest BCUT2D eigenvalue weighted by Gasteiger charge is 2.22. The lowest BCUT2D eigenvalue weighted by atomic mass is 10.2. The summed E-state index contributed by atoms with van der Waals surface area (Å²) < 4.78 is 0. The standard InChI is InChI=1S/C11H18N2O2S/c1-4-6-13(7-5-2)11(15)10(8-16)12-9(3)14/h4-5,10,16H,1-2,6-8H2,3H3,(H,12,14). The molecular formula is C11H18N2O2S. The monoisotopic (exact) mass is 242 g/mol. The number of thiol groups is 1. The van der Waals surface area contributed by atoms with Gasteiger partial charge in [-0.2, -0.15) is 12.6 Å². The summed E-state index contributed by atoms with van der Waals surface area (Å²) >= 11 is 4.05. The van der Waals surface area contributed by atoms with Crippen LogP contribution in [0.1, 0.15) is 6.92 Å². The average molecular weight is 242 g/mol. The zero-order valence-electron chi connectivity index (χ0n) is 9.48. The Hall–Kier alpha value is -1.23. The quantitative estimate of drug-likeness (QED) is 0.508. The minimum absolute atomic E-state index is 0.176. The summed E-state index contributed by atoms with van der Waals surface area (Å²) in [5.74, 6) is -0.155. The van der Waals surface area contributed by atoms with Crippen LogP contribution in [0.3, 0.4) is 0 Å².